The third-order valence-electron chi connectivity index (χ3n) is 1.93. The number of nitrogens with zero attached hydrogens (tertiary/aromatic N) is 2. The molecule has 0 aromatic carbocycles. The first-order valence-corrected chi connectivity index (χ1v) is 4.72. The first kappa shape index (κ1) is 10.0. The van der Waals surface area contributed by atoms with Crippen LogP contribution in [-0.4, -0.2) is 19.1 Å². The van der Waals surface area contributed by atoms with Crippen LogP contribution in [-0.2, 0) is 6.42 Å². The van der Waals surface area contributed by atoms with E-state index in [1.807, 2.05) is 12.3 Å². The van der Waals surface area contributed by atoms with Gasteiger partial charge in [-0.3, -0.25) is 4.98 Å². The minimum Gasteiger partial charge on any atom is -0.378 e. The molecule has 0 radical (unpaired) electrons. The van der Waals surface area contributed by atoms with E-state index in [1.54, 1.807) is 0 Å². The third kappa shape index (κ3) is 3.05. The Morgan fingerprint density at radius 2 is 2.08 bits per heavy atom. The molecule has 0 atom stereocenters. The molecule has 0 aliphatic rings. The van der Waals surface area contributed by atoms with Gasteiger partial charge in [0.2, 0.25) is 0 Å². The SMILES string of the molecule is CC(C)Cc1cc(N(C)C)ccn1. The molecule has 0 unspecified atom stereocenters. The highest BCUT2D eigenvalue weighted by atomic mass is 15.1. The normalized spacial score (nSPS) is 10.5. The summed E-state index contributed by atoms with van der Waals surface area (Å²) in [6.45, 7) is 4.42. The Bertz CT molecular complexity index is 267. The number of hydrogen-bond donors (Lipinski definition) is 0. The monoisotopic (exact) mass is 178 g/mol. The van der Waals surface area contributed by atoms with Gasteiger partial charge in [0.05, 0.1) is 0 Å². The van der Waals surface area contributed by atoms with Crippen LogP contribution in [0.5, 0.6) is 0 Å². The molecular weight excluding hydrogens is 160 g/mol. The van der Waals surface area contributed by atoms with Crippen molar-refractivity contribution in [2.45, 2.75) is 20.3 Å². The van der Waals surface area contributed by atoms with Gasteiger partial charge in [-0.05, 0) is 24.5 Å². The van der Waals surface area contributed by atoms with Crippen molar-refractivity contribution in [1.82, 2.24) is 4.98 Å². The molecule has 72 valence electrons. The van der Waals surface area contributed by atoms with Crippen molar-refractivity contribution in [3.05, 3.63) is 24.0 Å². The van der Waals surface area contributed by atoms with Crippen molar-refractivity contribution in [3.8, 4) is 0 Å². The fourth-order valence-corrected chi connectivity index (χ4v) is 1.27. The molecule has 1 heterocycles. The minimum absolute atomic E-state index is 0.671. The van der Waals surface area contributed by atoms with Gasteiger partial charge in [-0.2, -0.15) is 0 Å². The van der Waals surface area contributed by atoms with E-state index in [4.69, 9.17) is 0 Å². The number of hydrogen-bond acceptors (Lipinski definition) is 2. The standard InChI is InChI=1S/C11H18N2/c1-9(2)7-10-8-11(13(3)4)5-6-12-10/h5-6,8-9H,7H2,1-4H3. The fraction of sp³-hybridized carbons (Fsp3) is 0.545. The zero-order valence-electron chi connectivity index (χ0n) is 8.91. The summed E-state index contributed by atoms with van der Waals surface area (Å²) < 4.78 is 0. The van der Waals surface area contributed by atoms with E-state index < -0.39 is 0 Å². The van der Waals surface area contributed by atoms with Gasteiger partial charge >= 0.3 is 0 Å². The number of pyridine rings is 1. The van der Waals surface area contributed by atoms with E-state index in [2.05, 4.69) is 43.9 Å². The molecular formula is C11H18N2. The molecule has 0 saturated carbocycles. The van der Waals surface area contributed by atoms with E-state index >= 15 is 0 Å². The summed E-state index contributed by atoms with van der Waals surface area (Å²) in [5.41, 5.74) is 2.41. The number of aromatic nitrogens is 1. The zero-order valence-corrected chi connectivity index (χ0v) is 8.91. The Hall–Kier alpha value is -1.05. The molecule has 0 spiro atoms. The van der Waals surface area contributed by atoms with Crippen molar-refractivity contribution < 1.29 is 0 Å². The topological polar surface area (TPSA) is 16.1 Å². The van der Waals surface area contributed by atoms with Gasteiger partial charge < -0.3 is 4.90 Å². The lowest BCUT2D eigenvalue weighted by molar-refractivity contribution is 0.635. The Kier molecular flexibility index (Phi) is 3.29. The highest BCUT2D eigenvalue weighted by Gasteiger charge is 2.01. The maximum absolute atomic E-state index is 4.34. The minimum atomic E-state index is 0.671. The third-order valence-corrected chi connectivity index (χ3v) is 1.93. The summed E-state index contributed by atoms with van der Waals surface area (Å²) in [4.78, 5) is 6.44. The average Bonchev–Trinajstić information content (AvgIpc) is 2.03. The number of anilines is 1. The smallest absolute Gasteiger partial charge is 0.0426 e. The largest absolute Gasteiger partial charge is 0.378 e. The molecule has 2 nitrogen and oxygen atoms in total. The second-order valence-corrected chi connectivity index (χ2v) is 4.00. The van der Waals surface area contributed by atoms with E-state index in [9.17, 15) is 0 Å². The average molecular weight is 178 g/mol. The molecule has 0 N–H and O–H groups in total. The predicted octanol–water partition coefficient (Wildman–Crippen LogP) is 2.35. The zero-order chi connectivity index (χ0) is 9.84. The molecule has 0 bridgehead atoms. The summed E-state index contributed by atoms with van der Waals surface area (Å²) in [7, 11) is 4.10. The quantitative estimate of drug-likeness (QED) is 0.706. The van der Waals surface area contributed by atoms with E-state index in [0.29, 0.717) is 5.92 Å². The van der Waals surface area contributed by atoms with Crippen LogP contribution in [0, 0.1) is 5.92 Å². The van der Waals surface area contributed by atoms with Crippen LogP contribution in [0.1, 0.15) is 19.5 Å². The molecule has 0 aliphatic heterocycles. The molecule has 0 amide bonds. The van der Waals surface area contributed by atoms with Crippen LogP contribution in [0.15, 0.2) is 18.3 Å². The second-order valence-electron chi connectivity index (χ2n) is 4.00. The predicted molar refractivity (Wildman–Crippen MR) is 57.1 cm³/mol. The molecule has 0 aliphatic carbocycles. The molecule has 1 aromatic heterocycles. The van der Waals surface area contributed by atoms with Crippen LogP contribution >= 0.6 is 0 Å². The summed E-state index contributed by atoms with van der Waals surface area (Å²) >= 11 is 0. The molecule has 0 fully saturated rings. The Morgan fingerprint density at radius 3 is 2.62 bits per heavy atom. The van der Waals surface area contributed by atoms with Crippen LogP contribution < -0.4 is 4.90 Å². The van der Waals surface area contributed by atoms with E-state index in [-0.39, 0.29) is 0 Å². The van der Waals surface area contributed by atoms with Gasteiger partial charge in [-0.1, -0.05) is 13.8 Å². The van der Waals surface area contributed by atoms with Crippen LogP contribution in [0.4, 0.5) is 5.69 Å². The van der Waals surface area contributed by atoms with Crippen LogP contribution in [0.25, 0.3) is 0 Å². The Balaban J connectivity index is 2.79. The lowest BCUT2D eigenvalue weighted by Gasteiger charge is -2.13. The van der Waals surface area contributed by atoms with Gasteiger partial charge in [0.15, 0.2) is 0 Å². The van der Waals surface area contributed by atoms with Crippen molar-refractivity contribution >= 4 is 5.69 Å². The summed E-state index contributed by atoms with van der Waals surface area (Å²) in [6, 6.07) is 4.18. The highest BCUT2D eigenvalue weighted by molar-refractivity contribution is 5.44. The summed E-state index contributed by atoms with van der Waals surface area (Å²) in [6.07, 6.45) is 2.94. The second kappa shape index (κ2) is 4.26. The highest BCUT2D eigenvalue weighted by Crippen LogP contribution is 2.13. The molecule has 0 saturated heterocycles. The maximum atomic E-state index is 4.34. The van der Waals surface area contributed by atoms with E-state index in [1.165, 1.54) is 11.4 Å². The Labute approximate surface area is 80.6 Å². The van der Waals surface area contributed by atoms with Gasteiger partial charge in [0.1, 0.15) is 0 Å². The first-order valence-electron chi connectivity index (χ1n) is 4.72. The van der Waals surface area contributed by atoms with Crippen LogP contribution in [0.3, 0.4) is 0 Å². The molecule has 1 rings (SSSR count). The lowest BCUT2D eigenvalue weighted by atomic mass is 10.1. The summed E-state index contributed by atoms with van der Waals surface area (Å²) in [5.74, 6) is 0.671. The molecule has 1 aromatic rings. The van der Waals surface area contributed by atoms with Gasteiger partial charge in [0.25, 0.3) is 0 Å². The van der Waals surface area contributed by atoms with Crippen molar-refractivity contribution in [2.24, 2.45) is 5.92 Å². The van der Waals surface area contributed by atoms with Crippen LogP contribution in [0.2, 0.25) is 0 Å². The van der Waals surface area contributed by atoms with E-state index in [0.717, 1.165) is 6.42 Å². The lowest BCUT2D eigenvalue weighted by Crippen LogP contribution is -2.09. The Morgan fingerprint density at radius 1 is 1.38 bits per heavy atom. The summed E-state index contributed by atoms with van der Waals surface area (Å²) in [5, 5.41) is 0. The van der Waals surface area contributed by atoms with Crippen molar-refractivity contribution in [2.75, 3.05) is 19.0 Å². The first-order chi connectivity index (χ1) is 6.09. The molecule has 13 heavy (non-hydrogen) atoms. The van der Waals surface area contributed by atoms with Crippen molar-refractivity contribution in [3.63, 3.8) is 0 Å². The van der Waals surface area contributed by atoms with Gasteiger partial charge in [-0.15, -0.1) is 0 Å². The molecule has 2 heteroatoms. The van der Waals surface area contributed by atoms with Gasteiger partial charge in [-0.25, -0.2) is 0 Å². The van der Waals surface area contributed by atoms with Gasteiger partial charge in [0, 0.05) is 31.7 Å². The number of rotatable bonds is 3. The fourth-order valence-electron chi connectivity index (χ4n) is 1.27. The van der Waals surface area contributed by atoms with Crippen molar-refractivity contribution in [1.29, 1.82) is 0 Å². The maximum Gasteiger partial charge on any atom is 0.0426 e.